The number of carbonyl (C=O) groups excluding carboxylic acids is 1. The summed E-state index contributed by atoms with van der Waals surface area (Å²) in [6.07, 6.45) is 1.30. The van der Waals surface area contributed by atoms with Crippen LogP contribution in [0.3, 0.4) is 0 Å². The van der Waals surface area contributed by atoms with Crippen LogP contribution in [0.2, 0.25) is 0 Å². The van der Waals surface area contributed by atoms with Gasteiger partial charge in [0.2, 0.25) is 0 Å². The third-order valence-corrected chi connectivity index (χ3v) is 4.09. The number of thioether (sulfide) groups is 1. The van der Waals surface area contributed by atoms with Crippen molar-refractivity contribution in [2.45, 2.75) is 17.4 Å². The van der Waals surface area contributed by atoms with E-state index in [1.165, 1.54) is 36.5 Å². The molecule has 9 heteroatoms. The molecule has 2 heterocycles. The number of alkyl halides is 2. The fraction of sp³-hybridized carbons (Fsp3) is 0.118. The molecule has 0 aliphatic rings. The van der Waals surface area contributed by atoms with E-state index in [1.54, 1.807) is 0 Å². The number of carbonyl (C=O) groups is 1. The molecule has 6 nitrogen and oxygen atoms in total. The van der Waals surface area contributed by atoms with Crippen LogP contribution >= 0.6 is 11.8 Å². The molecule has 0 saturated heterocycles. The summed E-state index contributed by atoms with van der Waals surface area (Å²) in [4.78, 5) is 27.6. The molecule has 1 N–H and O–H groups in total. The number of nitrogens with zero attached hydrogens (tertiary/aromatic N) is 1. The number of pyridine rings is 1. The maximum absolute atomic E-state index is 12.6. The number of aromatic hydroxyl groups is 1. The fourth-order valence-corrected chi connectivity index (χ4v) is 2.85. The second-order valence-electron chi connectivity index (χ2n) is 5.08. The standard InChI is InChI=1S/C17H11F2NO5S/c18-17(19)26-15-12(2-1-5-20-15)16(23)24-8-9-6-14(22)25-13-7-10(21)3-4-11(9)13/h1-7,17,21H,8H2. The van der Waals surface area contributed by atoms with E-state index in [9.17, 15) is 23.5 Å². The van der Waals surface area contributed by atoms with Gasteiger partial charge in [-0.05, 0) is 36.0 Å². The quantitative estimate of drug-likeness (QED) is 0.412. The van der Waals surface area contributed by atoms with Gasteiger partial charge in [0.1, 0.15) is 23.0 Å². The lowest BCUT2D eigenvalue weighted by molar-refractivity contribution is 0.0468. The molecule has 0 amide bonds. The summed E-state index contributed by atoms with van der Waals surface area (Å²) in [6, 6.07) is 8.09. The van der Waals surface area contributed by atoms with Crippen molar-refractivity contribution in [3.63, 3.8) is 0 Å². The molecule has 3 aromatic rings. The molecule has 0 aliphatic heterocycles. The Labute approximate surface area is 149 Å². The molecule has 2 aromatic heterocycles. The van der Waals surface area contributed by atoms with E-state index in [0.717, 1.165) is 6.07 Å². The molecule has 3 rings (SSSR count). The van der Waals surface area contributed by atoms with E-state index < -0.39 is 17.4 Å². The number of phenols is 1. The SMILES string of the molecule is O=C(OCc1cc(=O)oc2cc(O)ccc12)c1cccnc1SC(F)F. The van der Waals surface area contributed by atoms with Crippen LogP contribution in [0.4, 0.5) is 8.78 Å². The third kappa shape index (κ3) is 3.99. The van der Waals surface area contributed by atoms with Crippen molar-refractivity contribution in [2.24, 2.45) is 0 Å². The monoisotopic (exact) mass is 379 g/mol. The molecule has 0 radical (unpaired) electrons. The first-order chi connectivity index (χ1) is 12.4. The Morgan fingerprint density at radius 3 is 2.88 bits per heavy atom. The van der Waals surface area contributed by atoms with Gasteiger partial charge in [-0.3, -0.25) is 0 Å². The second kappa shape index (κ2) is 7.52. The first kappa shape index (κ1) is 17.9. The van der Waals surface area contributed by atoms with Crippen molar-refractivity contribution in [1.29, 1.82) is 0 Å². The number of hydrogen-bond acceptors (Lipinski definition) is 7. The highest BCUT2D eigenvalue weighted by Gasteiger charge is 2.18. The van der Waals surface area contributed by atoms with Gasteiger partial charge in [-0.1, -0.05) is 0 Å². The average molecular weight is 379 g/mol. The predicted octanol–water partition coefficient (Wildman–Crippen LogP) is 3.57. The molecule has 26 heavy (non-hydrogen) atoms. The molecule has 0 unspecified atom stereocenters. The number of halogens is 2. The van der Waals surface area contributed by atoms with Crippen LogP contribution in [0.25, 0.3) is 11.0 Å². The molecule has 0 spiro atoms. The van der Waals surface area contributed by atoms with Gasteiger partial charge in [0.15, 0.2) is 0 Å². The number of esters is 1. The summed E-state index contributed by atoms with van der Waals surface area (Å²) >= 11 is 0.144. The Morgan fingerprint density at radius 2 is 2.12 bits per heavy atom. The second-order valence-corrected chi connectivity index (χ2v) is 6.06. The molecular formula is C17H11F2NO5S. The molecule has 0 fully saturated rings. The van der Waals surface area contributed by atoms with Crippen LogP contribution in [0, 0.1) is 0 Å². The number of benzene rings is 1. The normalized spacial score (nSPS) is 11.0. The minimum absolute atomic E-state index is 0.0844. The number of hydrogen-bond donors (Lipinski definition) is 1. The summed E-state index contributed by atoms with van der Waals surface area (Å²) in [6.45, 7) is -0.278. The number of fused-ring (bicyclic) bond motifs is 1. The molecule has 0 bridgehead atoms. The summed E-state index contributed by atoms with van der Waals surface area (Å²) in [5, 5.41) is 9.80. The Balaban J connectivity index is 1.85. The van der Waals surface area contributed by atoms with Crippen molar-refractivity contribution in [3.05, 3.63) is 64.1 Å². The highest BCUT2D eigenvalue weighted by Crippen LogP contribution is 2.27. The number of phenolic OH excluding ortho intramolecular Hbond substituents is 1. The van der Waals surface area contributed by atoms with Crippen LogP contribution in [-0.4, -0.2) is 21.8 Å². The topological polar surface area (TPSA) is 89.6 Å². The van der Waals surface area contributed by atoms with Gasteiger partial charge in [-0.2, -0.15) is 8.78 Å². The Bertz CT molecular complexity index is 1020. The largest absolute Gasteiger partial charge is 0.508 e. The minimum atomic E-state index is -2.73. The van der Waals surface area contributed by atoms with Crippen LogP contribution in [0.5, 0.6) is 5.75 Å². The summed E-state index contributed by atoms with van der Waals surface area (Å²) < 4.78 is 35.3. The molecule has 134 valence electrons. The number of rotatable bonds is 5. The Kier molecular flexibility index (Phi) is 5.17. The van der Waals surface area contributed by atoms with Crippen molar-refractivity contribution in [3.8, 4) is 5.75 Å². The van der Waals surface area contributed by atoms with Gasteiger partial charge < -0.3 is 14.3 Å². The zero-order chi connectivity index (χ0) is 18.7. The molecule has 0 saturated carbocycles. The third-order valence-electron chi connectivity index (χ3n) is 3.36. The molecule has 0 aliphatic carbocycles. The van der Waals surface area contributed by atoms with Crippen LogP contribution in [0.15, 0.2) is 56.8 Å². The van der Waals surface area contributed by atoms with Crippen molar-refractivity contribution in [1.82, 2.24) is 4.98 Å². The number of aromatic nitrogens is 1. The maximum Gasteiger partial charge on any atom is 0.341 e. The fourth-order valence-electron chi connectivity index (χ4n) is 2.28. The van der Waals surface area contributed by atoms with Gasteiger partial charge in [0.25, 0.3) is 5.76 Å². The Morgan fingerprint density at radius 1 is 1.31 bits per heavy atom. The van der Waals surface area contributed by atoms with Crippen molar-refractivity contribution < 1.29 is 27.8 Å². The van der Waals surface area contributed by atoms with Crippen LogP contribution in [0.1, 0.15) is 15.9 Å². The molecule has 1 aromatic carbocycles. The van der Waals surface area contributed by atoms with E-state index in [4.69, 9.17) is 9.15 Å². The van der Waals surface area contributed by atoms with Gasteiger partial charge >= 0.3 is 11.6 Å². The van der Waals surface area contributed by atoms with E-state index in [-0.39, 0.29) is 40.3 Å². The van der Waals surface area contributed by atoms with E-state index in [0.29, 0.717) is 10.9 Å². The van der Waals surface area contributed by atoms with E-state index in [1.807, 2.05) is 0 Å². The summed E-state index contributed by atoms with van der Waals surface area (Å²) in [5.41, 5.74) is -0.275. The smallest absolute Gasteiger partial charge is 0.341 e. The maximum atomic E-state index is 12.6. The van der Waals surface area contributed by atoms with Gasteiger partial charge in [0, 0.05) is 29.3 Å². The van der Waals surface area contributed by atoms with Crippen molar-refractivity contribution in [2.75, 3.05) is 0 Å². The minimum Gasteiger partial charge on any atom is -0.508 e. The van der Waals surface area contributed by atoms with Gasteiger partial charge in [-0.15, -0.1) is 0 Å². The van der Waals surface area contributed by atoms with Crippen LogP contribution in [-0.2, 0) is 11.3 Å². The molecule has 0 atom stereocenters. The predicted molar refractivity (Wildman–Crippen MR) is 89.4 cm³/mol. The zero-order valence-corrected chi connectivity index (χ0v) is 13.8. The van der Waals surface area contributed by atoms with Crippen molar-refractivity contribution >= 4 is 28.7 Å². The average Bonchev–Trinajstić information content (AvgIpc) is 2.58. The lowest BCUT2D eigenvalue weighted by atomic mass is 10.1. The highest BCUT2D eigenvalue weighted by molar-refractivity contribution is 7.99. The summed E-state index contributed by atoms with van der Waals surface area (Å²) in [5.74, 6) is -3.66. The Hall–Kier alpha value is -2.94. The lowest BCUT2D eigenvalue weighted by Gasteiger charge is -2.09. The van der Waals surface area contributed by atoms with Gasteiger partial charge in [-0.25, -0.2) is 14.6 Å². The first-order valence-corrected chi connectivity index (χ1v) is 8.14. The van der Waals surface area contributed by atoms with E-state index in [2.05, 4.69) is 4.98 Å². The zero-order valence-electron chi connectivity index (χ0n) is 13.0. The lowest BCUT2D eigenvalue weighted by Crippen LogP contribution is -2.10. The van der Waals surface area contributed by atoms with E-state index >= 15 is 0 Å². The first-order valence-electron chi connectivity index (χ1n) is 7.27. The van der Waals surface area contributed by atoms with Gasteiger partial charge in [0.05, 0.1) is 5.56 Å². The number of ether oxygens (including phenoxy) is 1. The highest BCUT2D eigenvalue weighted by atomic mass is 32.2. The summed E-state index contributed by atoms with van der Waals surface area (Å²) in [7, 11) is 0. The molecular weight excluding hydrogens is 368 g/mol. The van der Waals surface area contributed by atoms with Crippen LogP contribution < -0.4 is 5.63 Å².